The summed E-state index contributed by atoms with van der Waals surface area (Å²) < 4.78 is 14.8. The van der Waals surface area contributed by atoms with Crippen LogP contribution in [0.2, 0.25) is 0 Å². The van der Waals surface area contributed by atoms with Gasteiger partial charge in [0.1, 0.15) is 17.7 Å². The second kappa shape index (κ2) is 6.67. The molecule has 0 radical (unpaired) electrons. The third-order valence-corrected chi connectivity index (χ3v) is 6.12. The molecule has 0 saturated carbocycles. The van der Waals surface area contributed by atoms with Crippen LogP contribution < -0.4 is 10.2 Å². The van der Waals surface area contributed by atoms with Gasteiger partial charge >= 0.3 is 0 Å². The van der Waals surface area contributed by atoms with Crippen molar-refractivity contribution in [3.63, 3.8) is 0 Å². The summed E-state index contributed by atoms with van der Waals surface area (Å²) in [6, 6.07) is 5.74. The maximum atomic E-state index is 14.8. The van der Waals surface area contributed by atoms with Crippen LogP contribution in [0.1, 0.15) is 19.3 Å². The van der Waals surface area contributed by atoms with Gasteiger partial charge in [-0.3, -0.25) is 9.97 Å². The molecule has 1 aromatic carbocycles. The Kier molecular flexibility index (Phi) is 4.12. The fraction of sp³-hybridized carbons (Fsp3) is 0.381. The monoisotopic (exact) mass is 379 g/mol. The van der Waals surface area contributed by atoms with Crippen molar-refractivity contribution >= 4 is 16.6 Å². The molecule has 0 amide bonds. The van der Waals surface area contributed by atoms with E-state index in [4.69, 9.17) is 0 Å². The Morgan fingerprint density at radius 3 is 2.86 bits per heavy atom. The van der Waals surface area contributed by atoms with Crippen molar-refractivity contribution < 1.29 is 9.50 Å². The van der Waals surface area contributed by atoms with E-state index in [1.54, 1.807) is 24.8 Å². The third kappa shape index (κ3) is 2.77. The fourth-order valence-electron chi connectivity index (χ4n) is 4.51. The number of piperidine rings is 1. The first-order valence-corrected chi connectivity index (χ1v) is 9.63. The van der Waals surface area contributed by atoms with E-state index in [0.29, 0.717) is 28.5 Å². The standard InChI is InChI=1S/C21H22FN5O/c1-27(18-8-13-3-5-16(26-13)20(18)22)19-11-24-17(10-25-19)14-4-2-12-6-7-23-9-15(12)21(14)28/h2,4,6-7,9-11,13,16,18,20,26,28H,3,5,8H2,1H3/t13?,16?,18-,20+/m0/s1. The maximum absolute atomic E-state index is 14.8. The molecular weight excluding hydrogens is 357 g/mol. The zero-order valence-electron chi connectivity index (χ0n) is 15.6. The van der Waals surface area contributed by atoms with E-state index in [1.807, 2.05) is 30.1 Å². The van der Waals surface area contributed by atoms with E-state index in [2.05, 4.69) is 20.3 Å². The number of nitrogens with one attached hydrogen (secondary N) is 1. The molecule has 2 aliphatic heterocycles. The van der Waals surface area contributed by atoms with Gasteiger partial charge in [-0.05, 0) is 36.8 Å². The van der Waals surface area contributed by atoms with Crippen LogP contribution in [0, 0.1) is 0 Å². The molecule has 6 nitrogen and oxygen atoms in total. The van der Waals surface area contributed by atoms with Gasteiger partial charge in [0.2, 0.25) is 0 Å². The molecule has 4 heterocycles. The van der Waals surface area contributed by atoms with Crippen LogP contribution in [-0.2, 0) is 0 Å². The minimum Gasteiger partial charge on any atom is -0.507 e. The molecule has 2 aliphatic rings. The van der Waals surface area contributed by atoms with Crippen LogP contribution >= 0.6 is 0 Å². The number of anilines is 1. The molecule has 2 fully saturated rings. The number of hydrogen-bond donors (Lipinski definition) is 2. The van der Waals surface area contributed by atoms with Gasteiger partial charge in [0.15, 0.2) is 0 Å². The number of pyridine rings is 1. The van der Waals surface area contributed by atoms with Gasteiger partial charge in [-0.1, -0.05) is 6.07 Å². The van der Waals surface area contributed by atoms with Gasteiger partial charge in [-0.2, -0.15) is 0 Å². The summed E-state index contributed by atoms with van der Waals surface area (Å²) in [7, 11) is 1.88. The number of benzene rings is 1. The molecule has 28 heavy (non-hydrogen) atoms. The van der Waals surface area contributed by atoms with Crippen LogP contribution in [0.3, 0.4) is 0 Å². The number of halogens is 1. The Hall–Kier alpha value is -2.80. The second-order valence-electron chi connectivity index (χ2n) is 7.72. The predicted octanol–water partition coefficient (Wildman–Crippen LogP) is 3.06. The Morgan fingerprint density at radius 1 is 1.14 bits per heavy atom. The minimum absolute atomic E-state index is 0.0541. The van der Waals surface area contributed by atoms with E-state index < -0.39 is 6.17 Å². The molecule has 144 valence electrons. The molecule has 3 aromatic rings. The molecule has 4 atom stereocenters. The number of phenols is 1. The zero-order chi connectivity index (χ0) is 19.3. The molecular formula is C21H22FN5O. The van der Waals surface area contributed by atoms with E-state index in [0.717, 1.165) is 24.6 Å². The smallest absolute Gasteiger partial charge is 0.147 e. The molecule has 2 aromatic heterocycles. The third-order valence-electron chi connectivity index (χ3n) is 6.12. The minimum atomic E-state index is -0.915. The Bertz CT molecular complexity index is 1010. The second-order valence-corrected chi connectivity index (χ2v) is 7.72. The summed E-state index contributed by atoms with van der Waals surface area (Å²) in [5.41, 5.74) is 1.17. The van der Waals surface area contributed by atoms with Crippen molar-refractivity contribution in [3.8, 4) is 17.0 Å². The normalized spacial score (nSPS) is 26.5. The summed E-state index contributed by atoms with van der Waals surface area (Å²) in [4.78, 5) is 15.0. The fourth-order valence-corrected chi connectivity index (χ4v) is 4.51. The van der Waals surface area contributed by atoms with E-state index >= 15 is 0 Å². The zero-order valence-corrected chi connectivity index (χ0v) is 15.6. The quantitative estimate of drug-likeness (QED) is 0.729. The SMILES string of the molecule is CN(c1cnc(-c2ccc3ccncc3c2O)cn1)[C@H]1CC2CCC(N2)[C@H]1F. The van der Waals surface area contributed by atoms with Crippen molar-refractivity contribution in [1.29, 1.82) is 0 Å². The van der Waals surface area contributed by atoms with Crippen LogP contribution in [0.15, 0.2) is 43.0 Å². The number of aromatic nitrogens is 3. The molecule has 2 unspecified atom stereocenters. The molecule has 2 N–H and O–H groups in total. The van der Waals surface area contributed by atoms with Gasteiger partial charge in [0, 0.05) is 42.5 Å². The van der Waals surface area contributed by atoms with Gasteiger partial charge in [-0.15, -0.1) is 0 Å². The van der Waals surface area contributed by atoms with Crippen LogP contribution in [-0.4, -0.2) is 51.4 Å². The number of aromatic hydroxyl groups is 1. The first-order chi connectivity index (χ1) is 13.6. The maximum Gasteiger partial charge on any atom is 0.147 e. The Morgan fingerprint density at radius 2 is 2.04 bits per heavy atom. The summed E-state index contributed by atoms with van der Waals surface area (Å²) in [5.74, 6) is 0.777. The number of nitrogens with zero attached hydrogens (tertiary/aromatic N) is 4. The average Bonchev–Trinajstić information content (AvgIpc) is 3.14. The topological polar surface area (TPSA) is 74.2 Å². The van der Waals surface area contributed by atoms with Crippen molar-refractivity contribution in [2.24, 2.45) is 0 Å². The Labute approximate surface area is 162 Å². The first-order valence-electron chi connectivity index (χ1n) is 9.63. The van der Waals surface area contributed by atoms with Crippen molar-refractivity contribution in [2.45, 2.75) is 43.6 Å². The van der Waals surface area contributed by atoms with Gasteiger partial charge in [0.25, 0.3) is 0 Å². The molecule has 7 heteroatoms. The van der Waals surface area contributed by atoms with Crippen molar-refractivity contribution in [1.82, 2.24) is 20.3 Å². The molecule has 0 aliphatic carbocycles. The molecule has 2 bridgehead atoms. The predicted molar refractivity (Wildman–Crippen MR) is 106 cm³/mol. The van der Waals surface area contributed by atoms with Crippen molar-refractivity contribution in [2.75, 3.05) is 11.9 Å². The average molecular weight is 379 g/mol. The number of fused-ring (bicyclic) bond motifs is 3. The summed E-state index contributed by atoms with van der Waals surface area (Å²) in [6.45, 7) is 0. The lowest BCUT2D eigenvalue weighted by atomic mass is 9.96. The van der Waals surface area contributed by atoms with Crippen LogP contribution in [0.5, 0.6) is 5.75 Å². The Balaban J connectivity index is 1.42. The van der Waals surface area contributed by atoms with E-state index in [1.165, 1.54) is 0 Å². The molecule has 0 spiro atoms. The lowest BCUT2D eigenvalue weighted by Crippen LogP contribution is -2.55. The van der Waals surface area contributed by atoms with Gasteiger partial charge in [0.05, 0.1) is 24.1 Å². The highest BCUT2D eigenvalue weighted by atomic mass is 19.1. The van der Waals surface area contributed by atoms with Crippen molar-refractivity contribution in [3.05, 3.63) is 43.0 Å². The number of alkyl halides is 1. The highest BCUT2D eigenvalue weighted by Gasteiger charge is 2.43. The van der Waals surface area contributed by atoms with E-state index in [9.17, 15) is 9.50 Å². The highest BCUT2D eigenvalue weighted by Crippen LogP contribution is 2.35. The first kappa shape index (κ1) is 17.3. The van der Waals surface area contributed by atoms with Gasteiger partial charge < -0.3 is 15.3 Å². The summed E-state index contributed by atoms with van der Waals surface area (Å²) in [5, 5.41) is 15.6. The number of rotatable bonds is 3. The van der Waals surface area contributed by atoms with Crippen LogP contribution in [0.4, 0.5) is 10.2 Å². The number of hydrogen-bond acceptors (Lipinski definition) is 6. The largest absolute Gasteiger partial charge is 0.507 e. The van der Waals surface area contributed by atoms with Gasteiger partial charge in [-0.25, -0.2) is 9.37 Å². The van der Waals surface area contributed by atoms with Crippen LogP contribution in [0.25, 0.3) is 22.0 Å². The number of phenolic OH excluding ortho intramolecular Hbond substituents is 1. The van der Waals surface area contributed by atoms with E-state index in [-0.39, 0.29) is 17.8 Å². The lowest BCUT2D eigenvalue weighted by Gasteiger charge is -2.38. The molecule has 5 rings (SSSR count). The lowest BCUT2D eigenvalue weighted by molar-refractivity contribution is 0.176. The highest BCUT2D eigenvalue weighted by molar-refractivity contribution is 5.93. The summed E-state index contributed by atoms with van der Waals surface area (Å²) in [6.07, 6.45) is 8.41. The molecule has 2 saturated heterocycles. The summed E-state index contributed by atoms with van der Waals surface area (Å²) >= 11 is 0.